The fraction of sp³-hybridized carbons (Fsp3) is 0.167. The highest BCUT2D eigenvalue weighted by Gasteiger charge is 2.26. The lowest BCUT2D eigenvalue weighted by molar-refractivity contribution is 0.252. The van der Waals surface area contributed by atoms with Crippen molar-refractivity contribution in [2.45, 2.75) is 26.6 Å². The number of anilines is 1. The molecule has 6 aromatic rings. The van der Waals surface area contributed by atoms with E-state index in [-0.39, 0.29) is 34.0 Å². The molecule has 0 saturated carbocycles. The summed E-state index contributed by atoms with van der Waals surface area (Å²) in [6.45, 7) is 2.42. The van der Waals surface area contributed by atoms with Crippen LogP contribution in [0.5, 0.6) is 0 Å². The van der Waals surface area contributed by atoms with Gasteiger partial charge in [0.05, 0.1) is 23.3 Å². The van der Waals surface area contributed by atoms with Crippen LogP contribution in [0.4, 0.5) is 23.7 Å². The van der Waals surface area contributed by atoms with E-state index in [1.807, 2.05) is 30.1 Å². The molecular formula is C36H31F3N6O3S. The lowest BCUT2D eigenvalue weighted by Crippen LogP contribution is -2.39. The molecule has 250 valence electrons. The number of hydrogen-bond donors (Lipinski definition) is 2. The fourth-order valence-electron chi connectivity index (χ4n) is 5.59. The standard InChI is InChI=1S/C36H31F3N6O3S/c1-3-40-35(47)42-24-14-10-22(11-15-24)32-28(20-43(2)19-25-7-4-5-18-41-25)31-33(46)45(26-16-12-23(37)13-17-26)36(48)44(34(31)49-32)21-27-29(38)8-6-9-30(27)39/h4-18H,3,19-21H2,1-2H3,(H2,40,42,47). The molecule has 3 heterocycles. The minimum absolute atomic E-state index is 0.0994. The number of halogens is 3. The Labute approximate surface area is 282 Å². The van der Waals surface area contributed by atoms with E-state index in [1.54, 1.807) is 37.4 Å². The minimum atomic E-state index is -0.845. The molecule has 13 heteroatoms. The monoisotopic (exact) mass is 684 g/mol. The van der Waals surface area contributed by atoms with Gasteiger partial charge in [0.25, 0.3) is 5.56 Å². The van der Waals surface area contributed by atoms with Gasteiger partial charge in [0.1, 0.15) is 22.3 Å². The summed E-state index contributed by atoms with van der Waals surface area (Å²) in [4.78, 5) is 48.0. The summed E-state index contributed by atoms with van der Waals surface area (Å²) < 4.78 is 46.0. The molecule has 3 aromatic heterocycles. The molecule has 0 atom stereocenters. The molecule has 0 unspecified atom stereocenters. The predicted octanol–water partition coefficient (Wildman–Crippen LogP) is 6.51. The second kappa shape index (κ2) is 14.3. The number of fused-ring (bicyclic) bond motifs is 1. The summed E-state index contributed by atoms with van der Waals surface area (Å²) in [5, 5.41) is 5.61. The third kappa shape index (κ3) is 7.03. The number of thiophene rings is 1. The fourth-order valence-corrected chi connectivity index (χ4v) is 6.89. The Morgan fingerprint density at radius 1 is 0.878 bits per heavy atom. The van der Waals surface area contributed by atoms with Crippen molar-refractivity contribution >= 4 is 33.3 Å². The largest absolute Gasteiger partial charge is 0.338 e. The van der Waals surface area contributed by atoms with Crippen molar-refractivity contribution in [3.63, 3.8) is 0 Å². The Kier molecular flexibility index (Phi) is 9.74. The summed E-state index contributed by atoms with van der Waals surface area (Å²) >= 11 is 1.15. The molecule has 0 aliphatic rings. The third-order valence-electron chi connectivity index (χ3n) is 7.86. The number of pyridine rings is 1. The van der Waals surface area contributed by atoms with Crippen molar-refractivity contribution < 1.29 is 18.0 Å². The summed E-state index contributed by atoms with van der Waals surface area (Å²) in [6, 6.07) is 20.5. The first-order valence-electron chi connectivity index (χ1n) is 15.4. The number of aromatic nitrogens is 3. The van der Waals surface area contributed by atoms with Crippen LogP contribution in [0.15, 0.2) is 101 Å². The molecule has 3 aromatic carbocycles. The van der Waals surface area contributed by atoms with E-state index in [0.29, 0.717) is 34.8 Å². The molecule has 0 aliphatic carbocycles. The van der Waals surface area contributed by atoms with E-state index in [9.17, 15) is 18.8 Å². The van der Waals surface area contributed by atoms with E-state index < -0.39 is 35.2 Å². The van der Waals surface area contributed by atoms with Crippen LogP contribution in [0.1, 0.15) is 23.7 Å². The second-order valence-corrected chi connectivity index (χ2v) is 12.3. The van der Waals surface area contributed by atoms with Gasteiger partial charge in [-0.2, -0.15) is 0 Å². The third-order valence-corrected chi connectivity index (χ3v) is 9.17. The van der Waals surface area contributed by atoms with E-state index in [0.717, 1.165) is 45.9 Å². The number of nitrogens with one attached hydrogen (secondary N) is 2. The molecule has 9 nitrogen and oxygen atoms in total. The Bertz CT molecular complexity index is 2230. The first-order chi connectivity index (χ1) is 23.6. The van der Waals surface area contributed by atoms with E-state index in [2.05, 4.69) is 15.6 Å². The molecule has 0 spiro atoms. The van der Waals surface area contributed by atoms with E-state index in [1.165, 1.54) is 22.8 Å². The van der Waals surface area contributed by atoms with Crippen molar-refractivity contribution in [1.29, 1.82) is 0 Å². The summed E-state index contributed by atoms with van der Waals surface area (Å²) in [5.74, 6) is -2.25. The first-order valence-corrected chi connectivity index (χ1v) is 16.2. The number of carbonyl (C=O) groups excluding carboxylic acids is 1. The highest BCUT2D eigenvalue weighted by molar-refractivity contribution is 7.22. The zero-order valence-corrected chi connectivity index (χ0v) is 27.4. The van der Waals surface area contributed by atoms with Crippen molar-refractivity contribution in [3.05, 3.63) is 146 Å². The predicted molar refractivity (Wildman–Crippen MR) is 185 cm³/mol. The lowest BCUT2D eigenvalue weighted by atomic mass is 10.1. The van der Waals surface area contributed by atoms with Gasteiger partial charge in [0.15, 0.2) is 0 Å². The Balaban J connectivity index is 1.59. The van der Waals surface area contributed by atoms with E-state index in [4.69, 9.17) is 0 Å². The van der Waals surface area contributed by atoms with Gasteiger partial charge in [-0.3, -0.25) is 19.2 Å². The maximum absolute atomic E-state index is 15.0. The maximum Gasteiger partial charge on any atom is 0.337 e. The Morgan fingerprint density at radius 3 is 2.24 bits per heavy atom. The number of nitrogens with zero attached hydrogens (tertiary/aromatic N) is 4. The van der Waals surface area contributed by atoms with Gasteiger partial charge in [-0.25, -0.2) is 27.3 Å². The van der Waals surface area contributed by atoms with Crippen LogP contribution in [0.3, 0.4) is 0 Å². The molecule has 49 heavy (non-hydrogen) atoms. The number of urea groups is 1. The number of carbonyl (C=O) groups is 1. The van der Waals surface area contributed by atoms with Crippen molar-refractivity contribution in [3.8, 4) is 16.1 Å². The molecule has 0 fully saturated rings. The topological polar surface area (TPSA) is 101 Å². The van der Waals surface area contributed by atoms with Gasteiger partial charge < -0.3 is 10.6 Å². The van der Waals surface area contributed by atoms with Gasteiger partial charge in [-0.1, -0.05) is 24.3 Å². The first kappa shape index (κ1) is 33.4. The quantitative estimate of drug-likeness (QED) is 0.171. The van der Waals surface area contributed by atoms with Gasteiger partial charge in [-0.15, -0.1) is 11.3 Å². The summed E-state index contributed by atoms with van der Waals surface area (Å²) in [7, 11) is 1.87. The van der Waals surface area contributed by atoms with Crippen molar-refractivity contribution in [2.24, 2.45) is 0 Å². The molecule has 0 aliphatic heterocycles. The highest BCUT2D eigenvalue weighted by Crippen LogP contribution is 2.38. The minimum Gasteiger partial charge on any atom is -0.338 e. The molecule has 0 radical (unpaired) electrons. The molecule has 0 bridgehead atoms. The van der Waals surface area contributed by atoms with E-state index >= 15 is 8.78 Å². The molecule has 0 saturated heterocycles. The van der Waals surface area contributed by atoms with Crippen LogP contribution in [-0.4, -0.2) is 38.6 Å². The highest BCUT2D eigenvalue weighted by atomic mass is 32.1. The summed E-state index contributed by atoms with van der Waals surface area (Å²) in [6.07, 6.45) is 1.69. The maximum atomic E-state index is 15.0. The van der Waals surface area contributed by atoms with Crippen molar-refractivity contribution in [1.82, 2.24) is 24.3 Å². The average Bonchev–Trinajstić information content (AvgIpc) is 3.45. The van der Waals surface area contributed by atoms with Crippen LogP contribution in [0.25, 0.3) is 26.3 Å². The van der Waals surface area contributed by atoms with Crippen LogP contribution < -0.4 is 21.9 Å². The summed E-state index contributed by atoms with van der Waals surface area (Å²) in [5.41, 5.74) is 0.851. The van der Waals surface area contributed by atoms with Gasteiger partial charge >= 0.3 is 11.7 Å². The molecule has 6 rings (SSSR count). The molecule has 2 amide bonds. The Morgan fingerprint density at radius 2 is 1.59 bits per heavy atom. The number of benzene rings is 3. The smallest absolute Gasteiger partial charge is 0.337 e. The number of amides is 2. The number of hydrogen-bond acceptors (Lipinski definition) is 6. The number of rotatable bonds is 10. The average molecular weight is 685 g/mol. The van der Waals surface area contributed by atoms with Crippen LogP contribution in [0.2, 0.25) is 0 Å². The molecular weight excluding hydrogens is 653 g/mol. The lowest BCUT2D eigenvalue weighted by Gasteiger charge is -2.18. The van der Waals surface area contributed by atoms with Crippen LogP contribution in [0, 0.1) is 17.5 Å². The van der Waals surface area contributed by atoms with Gasteiger partial charge in [0, 0.05) is 42.0 Å². The van der Waals surface area contributed by atoms with Gasteiger partial charge in [-0.05, 0) is 85.8 Å². The van der Waals surface area contributed by atoms with Gasteiger partial charge in [0.2, 0.25) is 0 Å². The SMILES string of the molecule is CCNC(=O)Nc1ccc(-c2sc3c(c2CN(C)Cc2ccccn2)c(=O)n(-c2ccc(F)cc2)c(=O)n3Cc2c(F)cccc2F)cc1. The zero-order chi connectivity index (χ0) is 34.7. The normalized spacial score (nSPS) is 11.3. The van der Waals surface area contributed by atoms with Crippen molar-refractivity contribution in [2.75, 3.05) is 18.9 Å². The second-order valence-electron chi connectivity index (χ2n) is 11.3. The van der Waals surface area contributed by atoms with Crippen LogP contribution in [-0.2, 0) is 19.6 Å². The Hall–Kier alpha value is -5.53. The molecule has 2 N–H and O–H groups in total. The van der Waals surface area contributed by atoms with Crippen LogP contribution >= 0.6 is 11.3 Å². The zero-order valence-electron chi connectivity index (χ0n) is 26.5.